The van der Waals surface area contributed by atoms with Gasteiger partial charge in [-0.15, -0.1) is 22.7 Å². The summed E-state index contributed by atoms with van der Waals surface area (Å²) in [5, 5.41) is 12.4. The lowest BCUT2D eigenvalue weighted by Gasteiger charge is -2.48. The summed E-state index contributed by atoms with van der Waals surface area (Å²) in [6, 6.07) is 0. The van der Waals surface area contributed by atoms with Crippen LogP contribution in [0.2, 0.25) is 0 Å². The summed E-state index contributed by atoms with van der Waals surface area (Å²) in [5.74, 6) is -7.73. The molecule has 5 atom stereocenters. The molecule has 4 rings (SSSR count). The smallest absolute Gasteiger partial charge is 0.303 e. The van der Waals surface area contributed by atoms with Crippen molar-refractivity contribution < 1.29 is 58.2 Å². The zero-order chi connectivity index (χ0) is 35.0. The maximum Gasteiger partial charge on any atom is 0.303 e. The van der Waals surface area contributed by atoms with Gasteiger partial charge in [-0.3, -0.25) is 33.9 Å². The van der Waals surface area contributed by atoms with Crippen molar-refractivity contribution in [1.82, 2.24) is 19.9 Å². The van der Waals surface area contributed by atoms with Gasteiger partial charge < -0.3 is 28.8 Å². The van der Waals surface area contributed by atoms with Gasteiger partial charge in [0.1, 0.15) is 23.4 Å². The highest BCUT2D eigenvalue weighted by molar-refractivity contribution is 7.19. The Kier molecular flexibility index (Phi) is 8.47. The van der Waals surface area contributed by atoms with Gasteiger partial charge in [-0.25, -0.2) is 9.97 Å². The minimum atomic E-state index is -2.68. The lowest BCUT2D eigenvalue weighted by atomic mass is 9.90. The number of ketones is 1. The van der Waals surface area contributed by atoms with E-state index in [9.17, 15) is 29.1 Å². The second-order valence-corrected chi connectivity index (χ2v) is 11.3. The third-order valence-electron chi connectivity index (χ3n) is 5.96. The molecule has 3 aromatic heterocycles. The molecular formula is C27H28N4O11S2. The number of carbonyl (C=O) groups is 5. The van der Waals surface area contributed by atoms with Crippen LogP contribution in [0.5, 0.6) is 0 Å². The third-order valence-corrected chi connectivity index (χ3v) is 8.13. The van der Waals surface area contributed by atoms with E-state index in [0.29, 0.717) is 21.3 Å². The summed E-state index contributed by atoms with van der Waals surface area (Å²) in [6.07, 6.45) is -2.21. The minimum absolute atomic E-state index is 0.0539. The Bertz CT molecular complexity index is 1650. The van der Waals surface area contributed by atoms with Crippen LogP contribution in [0.1, 0.15) is 58.3 Å². The van der Waals surface area contributed by atoms with Crippen molar-refractivity contribution >= 4 is 52.3 Å². The van der Waals surface area contributed by atoms with Crippen LogP contribution in [-0.4, -0.2) is 91.5 Å². The molecule has 0 bridgehead atoms. The van der Waals surface area contributed by atoms with Crippen LogP contribution in [0.3, 0.4) is 0 Å². The predicted octanol–water partition coefficient (Wildman–Crippen LogP) is 1.58. The molecule has 1 fully saturated rings. The number of nitrogens with zero attached hydrogens (tertiary/aromatic N) is 4. The van der Waals surface area contributed by atoms with Gasteiger partial charge in [-0.2, -0.15) is 0 Å². The largest absolute Gasteiger partial charge is 0.463 e. The van der Waals surface area contributed by atoms with Crippen molar-refractivity contribution in [2.24, 2.45) is 0 Å². The fourth-order valence-electron chi connectivity index (χ4n) is 4.31. The third kappa shape index (κ3) is 7.65. The number of ether oxygens (including phenoxy) is 5. The number of carbonyl (C=O) groups excluding carboxylic acids is 5. The Morgan fingerprint density at radius 3 is 2.34 bits per heavy atom. The van der Waals surface area contributed by atoms with Gasteiger partial charge in [0.05, 0.1) is 33.1 Å². The van der Waals surface area contributed by atoms with Gasteiger partial charge >= 0.3 is 23.9 Å². The van der Waals surface area contributed by atoms with Crippen LogP contribution in [-0.2, 0) is 49.3 Å². The molecule has 234 valence electrons. The Hall–Kier alpha value is -4.19. The number of thiazole rings is 2. The molecule has 4 heterocycles. The normalized spacial score (nSPS) is 24.1. The lowest BCUT2D eigenvalue weighted by molar-refractivity contribution is -0.351. The molecule has 0 aliphatic carbocycles. The number of aryl methyl sites for hydroxylation is 1. The SMILES string of the molecule is [2H]CC(=O)OC[C@H]1OC(O)(Cc2ncc(C(=O)c3sc(-c4cnccn4)nc3C)s2)[C@@H](OC(=O)C[2H])[C@@H](OC(=O)C[2H])[C@@H]1OC(=O)C[2H]. The molecule has 1 aliphatic heterocycles. The molecule has 0 amide bonds. The molecule has 0 spiro atoms. The number of aliphatic hydroxyl groups is 1. The first kappa shape index (κ1) is 27.4. The molecule has 44 heavy (non-hydrogen) atoms. The van der Waals surface area contributed by atoms with Crippen molar-refractivity contribution in [3.8, 4) is 10.7 Å². The number of rotatable bonds is 10. The average molecular weight is 653 g/mol. The highest BCUT2D eigenvalue weighted by Gasteiger charge is 2.59. The van der Waals surface area contributed by atoms with E-state index in [2.05, 4.69) is 19.9 Å². The van der Waals surface area contributed by atoms with Crippen molar-refractivity contribution in [1.29, 1.82) is 0 Å². The number of hydrogen-bond acceptors (Lipinski definition) is 17. The zero-order valence-corrected chi connectivity index (χ0v) is 24.6. The summed E-state index contributed by atoms with van der Waals surface area (Å²) in [6.45, 7) is -2.72. The van der Waals surface area contributed by atoms with Crippen molar-refractivity contribution in [2.45, 2.75) is 71.1 Å². The van der Waals surface area contributed by atoms with Gasteiger partial charge in [0.15, 0.2) is 18.3 Å². The summed E-state index contributed by atoms with van der Waals surface area (Å²) in [7, 11) is 0. The van der Waals surface area contributed by atoms with Gasteiger partial charge in [0, 0.05) is 51.7 Å². The van der Waals surface area contributed by atoms with Crippen molar-refractivity contribution in [3.63, 3.8) is 0 Å². The summed E-state index contributed by atoms with van der Waals surface area (Å²) in [5.41, 5.74) is 0.893. The molecule has 3 aromatic rings. The van der Waals surface area contributed by atoms with Crippen molar-refractivity contribution in [2.75, 3.05) is 6.61 Å². The standard InChI is InChI=1S/C27H28N4O11S2/c1-12-24(44-26(31-12)17-9-28-6-7-29-17)21(36)19-10-30-20(43-19)8-27(37)25(41-16(5)35)23(40-15(4)34)22(39-14(3)33)18(42-27)11-38-13(2)32/h6-7,9-10,18,22-23,25,37H,8,11H2,1-5H3/t18-,22-,23+,25+,27?/m1/s1/i2D,3D,4D,5D. The highest BCUT2D eigenvalue weighted by atomic mass is 32.1. The van der Waals surface area contributed by atoms with Crippen LogP contribution in [0, 0.1) is 6.92 Å². The average Bonchev–Trinajstić information content (AvgIpc) is 3.72. The van der Waals surface area contributed by atoms with Gasteiger partial charge in [-0.1, -0.05) is 0 Å². The summed E-state index contributed by atoms with van der Waals surface area (Å²) < 4.78 is 56.0. The van der Waals surface area contributed by atoms with Crippen LogP contribution in [0.4, 0.5) is 0 Å². The predicted molar refractivity (Wildman–Crippen MR) is 150 cm³/mol. The van der Waals surface area contributed by atoms with E-state index in [1.807, 2.05) is 0 Å². The van der Waals surface area contributed by atoms with Crippen LogP contribution in [0.25, 0.3) is 10.7 Å². The fourth-order valence-corrected chi connectivity index (χ4v) is 6.30. The highest BCUT2D eigenvalue weighted by Crippen LogP contribution is 2.38. The molecule has 0 saturated carbocycles. The molecule has 1 aliphatic rings. The maximum atomic E-state index is 13.5. The summed E-state index contributed by atoms with van der Waals surface area (Å²) in [4.78, 5) is 79.5. The van der Waals surface area contributed by atoms with E-state index < -0.39 is 100 Å². The van der Waals surface area contributed by atoms with E-state index >= 15 is 0 Å². The monoisotopic (exact) mass is 652 g/mol. The van der Waals surface area contributed by atoms with Crippen molar-refractivity contribution in [3.05, 3.63) is 45.2 Å². The first-order chi connectivity index (χ1) is 22.9. The number of hydrogen-bond donors (Lipinski definition) is 1. The number of esters is 4. The molecule has 0 radical (unpaired) electrons. The van der Waals surface area contributed by atoms with E-state index in [-0.39, 0.29) is 9.88 Å². The Labute approximate surface area is 264 Å². The van der Waals surface area contributed by atoms with Crippen LogP contribution in [0.15, 0.2) is 24.8 Å². The molecule has 1 N–H and O–H groups in total. The first-order valence-electron chi connectivity index (χ1n) is 15.3. The minimum Gasteiger partial charge on any atom is -0.463 e. The van der Waals surface area contributed by atoms with Crippen LogP contribution < -0.4 is 0 Å². The molecular weight excluding hydrogens is 620 g/mol. The zero-order valence-electron chi connectivity index (χ0n) is 27.0. The van der Waals surface area contributed by atoms with E-state index in [0.717, 1.165) is 22.7 Å². The Morgan fingerprint density at radius 2 is 1.66 bits per heavy atom. The Balaban J connectivity index is 1.70. The van der Waals surface area contributed by atoms with Gasteiger partial charge in [-0.05, 0) is 6.92 Å². The van der Waals surface area contributed by atoms with E-state index in [1.54, 1.807) is 6.92 Å². The van der Waals surface area contributed by atoms with E-state index in [4.69, 9.17) is 29.2 Å². The lowest BCUT2D eigenvalue weighted by Crippen LogP contribution is -2.68. The van der Waals surface area contributed by atoms with Gasteiger partial charge in [0.2, 0.25) is 11.6 Å². The molecule has 17 heteroatoms. The second kappa shape index (κ2) is 13.6. The molecule has 1 saturated heterocycles. The van der Waals surface area contributed by atoms with Gasteiger partial charge in [0.25, 0.3) is 0 Å². The number of aromatic nitrogens is 4. The van der Waals surface area contributed by atoms with Crippen LogP contribution >= 0.6 is 22.7 Å². The molecule has 1 unspecified atom stereocenters. The first-order valence-corrected chi connectivity index (χ1v) is 14.1. The topological polar surface area (TPSA) is 203 Å². The molecule has 15 nitrogen and oxygen atoms in total. The van der Waals surface area contributed by atoms with E-state index in [1.165, 1.54) is 24.8 Å². The second-order valence-electron chi connectivity index (χ2n) is 9.15. The Morgan fingerprint density at radius 1 is 0.955 bits per heavy atom. The maximum absolute atomic E-state index is 13.5. The fraction of sp³-hybridized carbons (Fsp3) is 0.444. The quantitative estimate of drug-likeness (QED) is 0.188. The summed E-state index contributed by atoms with van der Waals surface area (Å²) >= 11 is 1.93. The molecule has 0 aromatic carbocycles.